The Labute approximate surface area is 198 Å². The van der Waals surface area contributed by atoms with Crippen LogP contribution in [-0.4, -0.2) is 49.8 Å². The van der Waals surface area contributed by atoms with Crippen molar-refractivity contribution < 1.29 is 32.5 Å². The van der Waals surface area contributed by atoms with E-state index in [4.69, 9.17) is 14.2 Å². The number of alkyl halides is 2. The van der Waals surface area contributed by atoms with Crippen LogP contribution in [0.2, 0.25) is 0 Å². The van der Waals surface area contributed by atoms with Gasteiger partial charge in [-0.25, -0.2) is 0 Å². The van der Waals surface area contributed by atoms with Crippen LogP contribution in [0.4, 0.5) is 14.5 Å². The molecule has 2 aromatic carbocycles. The molecule has 3 rings (SSSR count). The van der Waals surface area contributed by atoms with Crippen LogP contribution >= 0.6 is 0 Å². The summed E-state index contributed by atoms with van der Waals surface area (Å²) in [7, 11) is 0. The van der Waals surface area contributed by atoms with Crippen molar-refractivity contribution in [3.05, 3.63) is 42.0 Å². The van der Waals surface area contributed by atoms with Gasteiger partial charge in [-0.3, -0.25) is 9.69 Å². The second-order valence-electron chi connectivity index (χ2n) is 7.80. The highest BCUT2D eigenvalue weighted by atomic mass is 19.3. The van der Waals surface area contributed by atoms with Gasteiger partial charge in [0.05, 0.1) is 32.1 Å². The number of anilines is 1. The Morgan fingerprint density at radius 1 is 0.971 bits per heavy atom. The van der Waals surface area contributed by atoms with E-state index < -0.39 is 6.61 Å². The van der Waals surface area contributed by atoms with E-state index in [2.05, 4.69) is 15.0 Å². The van der Waals surface area contributed by atoms with Crippen LogP contribution < -0.4 is 24.3 Å². The number of benzene rings is 2. The fourth-order valence-electron chi connectivity index (χ4n) is 3.62. The zero-order valence-electron chi connectivity index (χ0n) is 19.8. The molecule has 186 valence electrons. The van der Waals surface area contributed by atoms with Gasteiger partial charge in [-0.2, -0.15) is 8.78 Å². The van der Waals surface area contributed by atoms with Crippen molar-refractivity contribution in [1.82, 2.24) is 4.90 Å². The highest BCUT2D eigenvalue weighted by Crippen LogP contribution is 2.33. The first-order valence-corrected chi connectivity index (χ1v) is 11.6. The fourth-order valence-corrected chi connectivity index (χ4v) is 3.62. The van der Waals surface area contributed by atoms with Gasteiger partial charge in [0.25, 0.3) is 0 Å². The van der Waals surface area contributed by atoms with Gasteiger partial charge in [-0.15, -0.1) is 0 Å². The topological polar surface area (TPSA) is 69.3 Å². The average molecular weight is 479 g/mol. The number of nitrogens with one attached hydrogen (secondary N) is 1. The van der Waals surface area contributed by atoms with Crippen LogP contribution in [0.1, 0.15) is 39.2 Å². The molecule has 0 aromatic heterocycles. The van der Waals surface area contributed by atoms with Crippen molar-refractivity contribution in [2.45, 2.75) is 52.8 Å². The van der Waals surface area contributed by atoms with E-state index in [1.54, 1.807) is 37.3 Å². The Kier molecular flexibility index (Phi) is 9.33. The molecule has 0 atom stereocenters. The zero-order chi connectivity index (χ0) is 24.5. The van der Waals surface area contributed by atoms with Crippen LogP contribution in [0.15, 0.2) is 36.4 Å². The summed E-state index contributed by atoms with van der Waals surface area (Å²) in [6.07, 6.45) is 2.00. The van der Waals surface area contributed by atoms with E-state index in [1.807, 2.05) is 13.8 Å². The molecule has 1 aliphatic carbocycles. The van der Waals surface area contributed by atoms with Crippen LogP contribution in [0.3, 0.4) is 0 Å². The molecule has 0 radical (unpaired) electrons. The highest BCUT2D eigenvalue weighted by Gasteiger charge is 2.30. The van der Waals surface area contributed by atoms with Crippen molar-refractivity contribution in [2.75, 3.05) is 31.7 Å². The molecular formula is C25H32F2N2O5. The fraction of sp³-hybridized carbons (Fsp3) is 0.480. The lowest BCUT2D eigenvalue weighted by Gasteiger charge is -2.23. The number of halogens is 2. The minimum Gasteiger partial charge on any atom is -0.494 e. The third kappa shape index (κ3) is 7.48. The van der Waals surface area contributed by atoms with Crippen LogP contribution in [0.25, 0.3) is 0 Å². The van der Waals surface area contributed by atoms with Gasteiger partial charge in [0.1, 0.15) is 11.5 Å². The van der Waals surface area contributed by atoms with E-state index in [9.17, 15) is 13.6 Å². The molecule has 0 unspecified atom stereocenters. The summed E-state index contributed by atoms with van der Waals surface area (Å²) >= 11 is 0. The standard InChI is InChI=1S/C25H32F2N2O5/c1-4-31-19-10-12-21(32-5-2)20(14-19)28-24(30)16-29(18-8-9-18)15-17-7-11-22(34-25(26)27)23(13-17)33-6-3/h7,10-14,18,25H,4-6,8-9,15-16H2,1-3H3,(H,28,30). The summed E-state index contributed by atoms with van der Waals surface area (Å²) in [4.78, 5) is 15.0. The lowest BCUT2D eigenvalue weighted by Crippen LogP contribution is -2.34. The molecule has 0 aliphatic heterocycles. The van der Waals surface area contributed by atoms with Crippen molar-refractivity contribution in [1.29, 1.82) is 0 Å². The smallest absolute Gasteiger partial charge is 0.387 e. The number of carbonyl (C=O) groups excluding carboxylic acids is 1. The van der Waals surface area contributed by atoms with Gasteiger partial charge < -0.3 is 24.3 Å². The summed E-state index contributed by atoms with van der Waals surface area (Å²) in [6, 6.07) is 10.5. The van der Waals surface area contributed by atoms with E-state index in [-0.39, 0.29) is 24.0 Å². The molecule has 7 nitrogen and oxygen atoms in total. The molecule has 0 heterocycles. The maximum Gasteiger partial charge on any atom is 0.387 e. The quantitative estimate of drug-likeness (QED) is 0.408. The third-order valence-electron chi connectivity index (χ3n) is 5.16. The third-order valence-corrected chi connectivity index (χ3v) is 5.16. The minimum atomic E-state index is -2.93. The maximum absolute atomic E-state index is 12.9. The van der Waals surface area contributed by atoms with E-state index in [0.717, 1.165) is 18.4 Å². The van der Waals surface area contributed by atoms with E-state index in [1.165, 1.54) is 6.07 Å². The molecule has 1 fully saturated rings. The summed E-state index contributed by atoms with van der Waals surface area (Å²) < 4.78 is 46.6. The molecule has 1 amide bonds. The molecule has 1 N–H and O–H groups in total. The lowest BCUT2D eigenvalue weighted by molar-refractivity contribution is -0.117. The second kappa shape index (κ2) is 12.4. The maximum atomic E-state index is 12.9. The van der Waals surface area contributed by atoms with Gasteiger partial charge in [0.15, 0.2) is 11.5 Å². The number of nitrogens with zero attached hydrogens (tertiary/aromatic N) is 1. The van der Waals surface area contributed by atoms with E-state index in [0.29, 0.717) is 49.6 Å². The SMILES string of the molecule is CCOc1ccc(OCC)c(NC(=O)CN(Cc2ccc(OC(F)F)c(OCC)c2)C2CC2)c1. The molecule has 0 saturated heterocycles. The van der Waals surface area contributed by atoms with Gasteiger partial charge >= 0.3 is 6.61 Å². The number of carbonyl (C=O) groups is 1. The van der Waals surface area contributed by atoms with E-state index >= 15 is 0 Å². The van der Waals surface area contributed by atoms with Gasteiger partial charge in [-0.05, 0) is 63.4 Å². The van der Waals surface area contributed by atoms with Gasteiger partial charge in [-0.1, -0.05) is 6.07 Å². The Hall–Kier alpha value is -3.07. The normalized spacial score (nSPS) is 13.1. The molecule has 2 aromatic rings. The Morgan fingerprint density at radius 2 is 1.65 bits per heavy atom. The van der Waals surface area contributed by atoms with Crippen molar-refractivity contribution in [3.8, 4) is 23.0 Å². The number of hydrogen-bond acceptors (Lipinski definition) is 6. The monoisotopic (exact) mass is 478 g/mol. The summed E-state index contributed by atoms with van der Waals surface area (Å²) in [5, 5.41) is 2.94. The molecule has 1 saturated carbocycles. The average Bonchev–Trinajstić information content (AvgIpc) is 3.62. The molecule has 9 heteroatoms. The number of amides is 1. The lowest BCUT2D eigenvalue weighted by atomic mass is 10.1. The minimum absolute atomic E-state index is 0.00560. The van der Waals surface area contributed by atoms with Crippen molar-refractivity contribution in [2.24, 2.45) is 0 Å². The molecular weight excluding hydrogens is 446 g/mol. The number of hydrogen-bond donors (Lipinski definition) is 1. The van der Waals surface area contributed by atoms with Crippen molar-refractivity contribution >= 4 is 11.6 Å². The Balaban J connectivity index is 1.71. The Bertz CT molecular complexity index is 953. The van der Waals surface area contributed by atoms with Crippen molar-refractivity contribution in [3.63, 3.8) is 0 Å². The molecule has 0 spiro atoms. The summed E-state index contributed by atoms with van der Waals surface area (Å²) in [5.74, 6) is 1.30. The largest absolute Gasteiger partial charge is 0.494 e. The predicted octanol–water partition coefficient (Wildman–Crippen LogP) is 5.09. The first-order valence-electron chi connectivity index (χ1n) is 11.6. The van der Waals surface area contributed by atoms with Crippen LogP contribution in [-0.2, 0) is 11.3 Å². The van der Waals surface area contributed by atoms with Crippen LogP contribution in [0, 0.1) is 0 Å². The first-order chi connectivity index (χ1) is 16.4. The molecule has 34 heavy (non-hydrogen) atoms. The first kappa shape index (κ1) is 25.6. The molecule has 1 aliphatic rings. The number of rotatable bonds is 14. The Morgan fingerprint density at radius 3 is 2.29 bits per heavy atom. The highest BCUT2D eigenvalue weighted by molar-refractivity contribution is 5.94. The van der Waals surface area contributed by atoms with Gasteiger partial charge in [0.2, 0.25) is 5.91 Å². The summed E-state index contributed by atoms with van der Waals surface area (Å²) in [6.45, 7) is 4.58. The second-order valence-corrected chi connectivity index (χ2v) is 7.80. The molecule has 0 bridgehead atoms. The van der Waals surface area contributed by atoms with Crippen LogP contribution in [0.5, 0.6) is 23.0 Å². The van der Waals surface area contributed by atoms with Gasteiger partial charge in [0, 0.05) is 18.7 Å². The zero-order valence-corrected chi connectivity index (χ0v) is 19.8. The predicted molar refractivity (Wildman–Crippen MR) is 125 cm³/mol. The number of ether oxygens (including phenoxy) is 4. The summed E-state index contributed by atoms with van der Waals surface area (Å²) in [5.41, 5.74) is 1.40.